The summed E-state index contributed by atoms with van der Waals surface area (Å²) in [6, 6.07) is 15.7. The lowest BCUT2D eigenvalue weighted by Gasteiger charge is -2.08. The van der Waals surface area contributed by atoms with Crippen LogP contribution in [-0.2, 0) is 0 Å². The summed E-state index contributed by atoms with van der Waals surface area (Å²) in [6.45, 7) is 0. The van der Waals surface area contributed by atoms with Crippen LogP contribution >= 0.6 is 11.6 Å². The van der Waals surface area contributed by atoms with Gasteiger partial charge in [0.25, 0.3) is 0 Å². The summed E-state index contributed by atoms with van der Waals surface area (Å²) in [5.74, 6) is 0.133. The summed E-state index contributed by atoms with van der Waals surface area (Å²) in [6.07, 6.45) is 1.65. The van der Waals surface area contributed by atoms with Gasteiger partial charge in [0.2, 0.25) is 5.28 Å². The third kappa shape index (κ3) is 2.68. The smallest absolute Gasteiger partial charge is 0.226 e. The summed E-state index contributed by atoms with van der Waals surface area (Å²) in [5.41, 5.74) is 2.00. The number of nitrogens with zero attached hydrogens (tertiary/aromatic N) is 4. The first-order valence-corrected chi connectivity index (χ1v) is 7.58. The first-order chi connectivity index (χ1) is 11.7. The van der Waals surface area contributed by atoms with Gasteiger partial charge in [-0.15, -0.1) is 0 Å². The van der Waals surface area contributed by atoms with Crippen LogP contribution in [0.3, 0.4) is 0 Å². The molecule has 0 atom stereocenters. The van der Waals surface area contributed by atoms with Crippen molar-refractivity contribution >= 4 is 34.1 Å². The molecule has 2 heterocycles. The Balaban J connectivity index is 1.84. The third-order valence-electron chi connectivity index (χ3n) is 3.49. The number of hydrogen-bond acceptors (Lipinski definition) is 4. The van der Waals surface area contributed by atoms with Gasteiger partial charge in [0.15, 0.2) is 5.65 Å². The van der Waals surface area contributed by atoms with Crippen molar-refractivity contribution in [2.45, 2.75) is 0 Å². The van der Waals surface area contributed by atoms with Gasteiger partial charge in [0.05, 0.1) is 17.3 Å². The molecule has 1 N–H and O–H groups in total. The zero-order valence-electron chi connectivity index (χ0n) is 12.3. The number of para-hydroxylation sites is 1. The van der Waals surface area contributed by atoms with Crippen molar-refractivity contribution in [3.05, 3.63) is 71.9 Å². The maximum atomic E-state index is 13.4. The number of aromatic nitrogens is 4. The molecule has 0 fully saturated rings. The summed E-state index contributed by atoms with van der Waals surface area (Å²) in [4.78, 5) is 8.47. The van der Waals surface area contributed by atoms with Gasteiger partial charge in [-0.25, -0.2) is 9.07 Å². The summed E-state index contributed by atoms with van der Waals surface area (Å²) in [5, 5.41) is 8.20. The highest BCUT2D eigenvalue weighted by Crippen LogP contribution is 2.26. The average molecular weight is 340 g/mol. The fourth-order valence-electron chi connectivity index (χ4n) is 2.44. The van der Waals surface area contributed by atoms with Crippen molar-refractivity contribution in [3.63, 3.8) is 0 Å². The minimum Gasteiger partial charge on any atom is -0.339 e. The van der Waals surface area contributed by atoms with Crippen molar-refractivity contribution in [3.8, 4) is 5.69 Å². The van der Waals surface area contributed by atoms with Crippen LogP contribution in [0, 0.1) is 5.82 Å². The fourth-order valence-corrected chi connectivity index (χ4v) is 2.60. The molecule has 0 saturated carbocycles. The highest BCUT2D eigenvalue weighted by Gasteiger charge is 2.13. The second-order valence-corrected chi connectivity index (χ2v) is 5.44. The molecule has 0 spiro atoms. The van der Waals surface area contributed by atoms with E-state index < -0.39 is 0 Å². The molecule has 0 aliphatic carbocycles. The van der Waals surface area contributed by atoms with E-state index in [4.69, 9.17) is 11.6 Å². The molecule has 0 saturated heterocycles. The molecule has 4 rings (SSSR count). The highest BCUT2D eigenvalue weighted by molar-refractivity contribution is 6.28. The van der Waals surface area contributed by atoms with Gasteiger partial charge in [-0.05, 0) is 41.9 Å². The summed E-state index contributed by atoms with van der Waals surface area (Å²) >= 11 is 6.06. The van der Waals surface area contributed by atoms with Crippen LogP contribution in [0.4, 0.5) is 15.9 Å². The van der Waals surface area contributed by atoms with Crippen molar-refractivity contribution in [2.24, 2.45) is 0 Å². The van der Waals surface area contributed by atoms with E-state index >= 15 is 0 Å². The maximum Gasteiger partial charge on any atom is 0.226 e. The Labute approximate surface area is 141 Å². The van der Waals surface area contributed by atoms with Crippen LogP contribution in [0.2, 0.25) is 5.28 Å². The second-order valence-electron chi connectivity index (χ2n) is 5.11. The van der Waals surface area contributed by atoms with E-state index in [1.807, 2.05) is 30.3 Å². The zero-order chi connectivity index (χ0) is 16.5. The largest absolute Gasteiger partial charge is 0.339 e. The SMILES string of the molecule is Fc1cccc(Nc2nc(Cl)nc3c2cnn3-c2ccccc2)c1. The Hall–Kier alpha value is -2.99. The molecule has 118 valence electrons. The third-order valence-corrected chi connectivity index (χ3v) is 3.66. The molecule has 0 unspecified atom stereocenters. The monoisotopic (exact) mass is 339 g/mol. The van der Waals surface area contributed by atoms with E-state index in [-0.39, 0.29) is 11.1 Å². The lowest BCUT2D eigenvalue weighted by molar-refractivity contribution is 0.628. The number of benzene rings is 2. The molecule has 0 aliphatic rings. The van der Waals surface area contributed by atoms with E-state index in [2.05, 4.69) is 20.4 Å². The molecule has 0 aliphatic heterocycles. The number of rotatable bonds is 3. The molecule has 0 radical (unpaired) electrons. The number of hydrogen-bond donors (Lipinski definition) is 1. The minimum absolute atomic E-state index is 0.0825. The Morgan fingerprint density at radius 2 is 1.83 bits per heavy atom. The van der Waals surface area contributed by atoms with Crippen LogP contribution in [0.25, 0.3) is 16.7 Å². The predicted octanol–water partition coefficient (Wildman–Crippen LogP) is 4.35. The van der Waals surface area contributed by atoms with Crippen LogP contribution in [0.1, 0.15) is 0 Å². The van der Waals surface area contributed by atoms with Crippen molar-refractivity contribution in [1.82, 2.24) is 19.7 Å². The number of anilines is 2. The first kappa shape index (κ1) is 14.6. The van der Waals surface area contributed by atoms with Gasteiger partial charge >= 0.3 is 0 Å². The Kier molecular flexibility index (Phi) is 3.59. The van der Waals surface area contributed by atoms with Crippen LogP contribution in [-0.4, -0.2) is 19.7 Å². The van der Waals surface area contributed by atoms with E-state index in [0.717, 1.165) is 5.69 Å². The Bertz CT molecular complexity index is 1020. The van der Waals surface area contributed by atoms with Gasteiger partial charge in [-0.2, -0.15) is 15.1 Å². The highest BCUT2D eigenvalue weighted by atomic mass is 35.5. The number of fused-ring (bicyclic) bond motifs is 1. The van der Waals surface area contributed by atoms with Crippen molar-refractivity contribution in [2.75, 3.05) is 5.32 Å². The van der Waals surface area contributed by atoms with E-state index in [1.54, 1.807) is 23.0 Å². The fraction of sp³-hybridized carbons (Fsp3) is 0. The van der Waals surface area contributed by atoms with Crippen LogP contribution in [0.5, 0.6) is 0 Å². The average Bonchev–Trinajstić information content (AvgIpc) is 2.99. The number of nitrogens with one attached hydrogen (secondary N) is 1. The van der Waals surface area contributed by atoms with Gasteiger partial charge in [0.1, 0.15) is 11.6 Å². The molecule has 7 heteroatoms. The van der Waals surface area contributed by atoms with Crippen molar-refractivity contribution < 1.29 is 4.39 Å². The van der Waals surface area contributed by atoms with Gasteiger partial charge in [0, 0.05) is 5.69 Å². The number of halogens is 2. The molecule has 24 heavy (non-hydrogen) atoms. The van der Waals surface area contributed by atoms with Gasteiger partial charge < -0.3 is 5.32 Å². The molecule has 5 nitrogen and oxygen atoms in total. The molecule has 2 aromatic heterocycles. The molecular weight excluding hydrogens is 329 g/mol. The predicted molar refractivity (Wildman–Crippen MR) is 91.4 cm³/mol. The first-order valence-electron chi connectivity index (χ1n) is 7.20. The summed E-state index contributed by atoms with van der Waals surface area (Å²) < 4.78 is 15.1. The Morgan fingerprint density at radius 1 is 1.00 bits per heavy atom. The molecule has 2 aromatic carbocycles. The molecule has 0 bridgehead atoms. The molecule has 0 amide bonds. The minimum atomic E-state index is -0.337. The maximum absolute atomic E-state index is 13.4. The molecular formula is C17H11ClFN5. The van der Waals surface area contributed by atoms with E-state index in [0.29, 0.717) is 22.5 Å². The second kappa shape index (κ2) is 5.90. The quantitative estimate of drug-likeness (QED) is 0.564. The lowest BCUT2D eigenvalue weighted by atomic mass is 10.3. The standard InChI is InChI=1S/C17H11ClFN5/c18-17-22-15(21-12-6-4-5-11(19)9-12)14-10-20-24(16(14)23-17)13-7-2-1-3-8-13/h1-10H,(H,21,22,23). The van der Waals surface area contributed by atoms with Crippen molar-refractivity contribution in [1.29, 1.82) is 0 Å². The molecule has 4 aromatic rings. The van der Waals surface area contributed by atoms with Crippen LogP contribution < -0.4 is 5.32 Å². The van der Waals surface area contributed by atoms with E-state index in [9.17, 15) is 4.39 Å². The van der Waals surface area contributed by atoms with Crippen LogP contribution in [0.15, 0.2) is 60.8 Å². The zero-order valence-corrected chi connectivity index (χ0v) is 13.1. The lowest BCUT2D eigenvalue weighted by Crippen LogP contribution is -2.00. The topological polar surface area (TPSA) is 55.6 Å². The normalized spacial score (nSPS) is 10.9. The van der Waals surface area contributed by atoms with E-state index in [1.165, 1.54) is 12.1 Å². The van der Waals surface area contributed by atoms with Gasteiger partial charge in [-0.1, -0.05) is 24.3 Å². The Morgan fingerprint density at radius 3 is 2.62 bits per heavy atom. The van der Waals surface area contributed by atoms with Gasteiger partial charge in [-0.3, -0.25) is 0 Å². The summed E-state index contributed by atoms with van der Waals surface area (Å²) in [7, 11) is 0.